The lowest BCUT2D eigenvalue weighted by Crippen LogP contribution is -2.20. The van der Waals surface area contributed by atoms with E-state index < -0.39 is 0 Å². The van der Waals surface area contributed by atoms with Crippen LogP contribution in [0.15, 0.2) is 18.2 Å². The highest BCUT2D eigenvalue weighted by Crippen LogP contribution is 2.10. The van der Waals surface area contributed by atoms with Gasteiger partial charge in [-0.1, -0.05) is 20.3 Å². The summed E-state index contributed by atoms with van der Waals surface area (Å²) in [5.41, 5.74) is 1.27. The molecule has 16 heavy (non-hydrogen) atoms. The maximum Gasteiger partial charge on any atom is 0.123 e. The van der Waals surface area contributed by atoms with Gasteiger partial charge in [0.2, 0.25) is 0 Å². The zero-order valence-electron chi connectivity index (χ0n) is 9.76. The summed E-state index contributed by atoms with van der Waals surface area (Å²) in [5.74, 6) is 0.304. The van der Waals surface area contributed by atoms with Crippen LogP contribution in [0, 0.1) is 23.1 Å². The SMILES string of the molecule is CCC(C)CNCc1cc(F)ccc1C#N. The number of nitriles is 1. The van der Waals surface area contributed by atoms with Crippen molar-refractivity contribution >= 4 is 0 Å². The molecule has 2 nitrogen and oxygen atoms in total. The Bertz CT molecular complexity index is 382. The van der Waals surface area contributed by atoms with Gasteiger partial charge in [0, 0.05) is 6.54 Å². The van der Waals surface area contributed by atoms with Gasteiger partial charge in [0.1, 0.15) is 5.82 Å². The van der Waals surface area contributed by atoms with Crippen molar-refractivity contribution in [3.05, 3.63) is 35.1 Å². The molecule has 0 bridgehead atoms. The van der Waals surface area contributed by atoms with Crippen LogP contribution in [-0.4, -0.2) is 6.54 Å². The molecule has 0 aliphatic carbocycles. The average Bonchev–Trinajstić information content (AvgIpc) is 2.29. The van der Waals surface area contributed by atoms with Crippen molar-refractivity contribution in [1.29, 1.82) is 5.26 Å². The molecule has 0 fully saturated rings. The molecule has 86 valence electrons. The van der Waals surface area contributed by atoms with Gasteiger partial charge in [-0.05, 0) is 36.2 Å². The van der Waals surface area contributed by atoms with Crippen molar-refractivity contribution in [1.82, 2.24) is 5.32 Å². The summed E-state index contributed by atoms with van der Waals surface area (Å²) in [4.78, 5) is 0. The van der Waals surface area contributed by atoms with E-state index in [9.17, 15) is 4.39 Å². The maximum absolute atomic E-state index is 13.0. The molecule has 0 heterocycles. The Labute approximate surface area is 96.1 Å². The summed E-state index contributed by atoms with van der Waals surface area (Å²) in [7, 11) is 0. The molecule has 0 aliphatic rings. The molecule has 1 N–H and O–H groups in total. The summed E-state index contributed by atoms with van der Waals surface area (Å²) in [5, 5.41) is 12.1. The summed E-state index contributed by atoms with van der Waals surface area (Å²) >= 11 is 0. The van der Waals surface area contributed by atoms with E-state index in [-0.39, 0.29) is 5.82 Å². The van der Waals surface area contributed by atoms with E-state index in [1.54, 1.807) is 0 Å². The van der Waals surface area contributed by atoms with E-state index in [1.807, 2.05) is 0 Å². The van der Waals surface area contributed by atoms with E-state index >= 15 is 0 Å². The smallest absolute Gasteiger partial charge is 0.123 e. The van der Waals surface area contributed by atoms with E-state index in [0.29, 0.717) is 18.0 Å². The lowest BCUT2D eigenvalue weighted by atomic mass is 10.1. The third-order valence-electron chi connectivity index (χ3n) is 2.69. The quantitative estimate of drug-likeness (QED) is 0.828. The molecule has 1 atom stereocenters. The second-order valence-corrected chi connectivity index (χ2v) is 4.06. The van der Waals surface area contributed by atoms with Crippen LogP contribution in [0.5, 0.6) is 0 Å². The molecule has 1 unspecified atom stereocenters. The zero-order chi connectivity index (χ0) is 12.0. The number of nitrogens with one attached hydrogen (secondary N) is 1. The predicted molar refractivity (Wildman–Crippen MR) is 62.3 cm³/mol. The zero-order valence-corrected chi connectivity index (χ0v) is 9.76. The summed E-state index contributed by atoms with van der Waals surface area (Å²) in [6.45, 7) is 5.72. The van der Waals surface area contributed by atoms with Crippen LogP contribution < -0.4 is 5.32 Å². The number of rotatable bonds is 5. The van der Waals surface area contributed by atoms with Gasteiger partial charge in [0.25, 0.3) is 0 Å². The standard InChI is InChI=1S/C13H17FN2/c1-3-10(2)8-16-9-12-6-13(14)5-4-11(12)7-15/h4-6,10,16H,3,8-9H2,1-2H3. The normalized spacial score (nSPS) is 12.1. The van der Waals surface area contributed by atoms with E-state index in [2.05, 4.69) is 25.2 Å². The molecule has 0 saturated carbocycles. The Hall–Kier alpha value is -1.40. The second-order valence-electron chi connectivity index (χ2n) is 4.06. The van der Waals surface area contributed by atoms with Crippen molar-refractivity contribution in [2.24, 2.45) is 5.92 Å². The Kier molecular flexibility index (Phi) is 4.94. The number of hydrogen-bond acceptors (Lipinski definition) is 2. The van der Waals surface area contributed by atoms with Crippen molar-refractivity contribution in [3.63, 3.8) is 0 Å². The van der Waals surface area contributed by atoms with Crippen LogP contribution in [0.1, 0.15) is 31.4 Å². The molecule has 0 radical (unpaired) electrons. The fourth-order valence-corrected chi connectivity index (χ4v) is 1.42. The van der Waals surface area contributed by atoms with Gasteiger partial charge >= 0.3 is 0 Å². The minimum absolute atomic E-state index is 0.292. The van der Waals surface area contributed by atoms with Crippen LogP contribution >= 0.6 is 0 Å². The number of benzene rings is 1. The predicted octanol–water partition coefficient (Wildman–Crippen LogP) is 2.83. The molecular weight excluding hydrogens is 203 g/mol. The van der Waals surface area contributed by atoms with Crippen LogP contribution in [0.3, 0.4) is 0 Å². The van der Waals surface area contributed by atoms with Gasteiger partial charge in [0.05, 0.1) is 11.6 Å². The van der Waals surface area contributed by atoms with E-state index in [0.717, 1.165) is 18.5 Å². The molecule has 1 rings (SSSR count). The van der Waals surface area contributed by atoms with Crippen LogP contribution in [-0.2, 0) is 6.54 Å². The highest BCUT2D eigenvalue weighted by atomic mass is 19.1. The Morgan fingerprint density at radius 3 is 2.88 bits per heavy atom. The molecule has 1 aromatic carbocycles. The number of hydrogen-bond donors (Lipinski definition) is 1. The van der Waals surface area contributed by atoms with Crippen LogP contribution in [0.25, 0.3) is 0 Å². The van der Waals surface area contributed by atoms with Crippen molar-refractivity contribution in [2.45, 2.75) is 26.8 Å². The van der Waals surface area contributed by atoms with Crippen molar-refractivity contribution in [3.8, 4) is 6.07 Å². The van der Waals surface area contributed by atoms with Crippen molar-refractivity contribution < 1.29 is 4.39 Å². The highest BCUT2D eigenvalue weighted by Gasteiger charge is 2.04. The molecule has 0 amide bonds. The average molecular weight is 220 g/mol. The van der Waals surface area contributed by atoms with Crippen molar-refractivity contribution in [2.75, 3.05) is 6.54 Å². The van der Waals surface area contributed by atoms with E-state index in [1.165, 1.54) is 18.2 Å². The largest absolute Gasteiger partial charge is 0.312 e. The first-order valence-corrected chi connectivity index (χ1v) is 5.56. The fraction of sp³-hybridized carbons (Fsp3) is 0.462. The summed E-state index contributed by atoms with van der Waals surface area (Å²) < 4.78 is 13.0. The van der Waals surface area contributed by atoms with E-state index in [4.69, 9.17) is 5.26 Å². The Balaban J connectivity index is 2.59. The molecule has 3 heteroatoms. The van der Waals surface area contributed by atoms with Gasteiger partial charge in [-0.15, -0.1) is 0 Å². The summed E-state index contributed by atoms with van der Waals surface area (Å²) in [6, 6.07) is 6.33. The van der Waals surface area contributed by atoms with Gasteiger partial charge in [-0.25, -0.2) is 4.39 Å². The Morgan fingerprint density at radius 1 is 1.50 bits per heavy atom. The highest BCUT2D eigenvalue weighted by molar-refractivity contribution is 5.37. The van der Waals surface area contributed by atoms with Gasteiger partial charge in [-0.3, -0.25) is 0 Å². The van der Waals surface area contributed by atoms with Gasteiger partial charge in [-0.2, -0.15) is 5.26 Å². The number of nitrogens with zero attached hydrogens (tertiary/aromatic N) is 1. The van der Waals surface area contributed by atoms with Crippen LogP contribution in [0.4, 0.5) is 4.39 Å². The Morgan fingerprint density at radius 2 is 2.25 bits per heavy atom. The maximum atomic E-state index is 13.0. The molecule has 0 aromatic heterocycles. The van der Waals surface area contributed by atoms with Crippen LogP contribution in [0.2, 0.25) is 0 Å². The monoisotopic (exact) mass is 220 g/mol. The minimum atomic E-state index is -0.292. The molecule has 0 saturated heterocycles. The third kappa shape index (κ3) is 3.63. The second kappa shape index (κ2) is 6.24. The van der Waals surface area contributed by atoms with Gasteiger partial charge < -0.3 is 5.32 Å². The molecule has 0 aliphatic heterocycles. The molecule has 0 spiro atoms. The topological polar surface area (TPSA) is 35.8 Å². The first kappa shape index (κ1) is 12.7. The number of halogens is 1. The third-order valence-corrected chi connectivity index (χ3v) is 2.69. The summed E-state index contributed by atoms with van der Waals surface area (Å²) in [6.07, 6.45) is 1.11. The lowest BCUT2D eigenvalue weighted by molar-refractivity contribution is 0.499. The lowest BCUT2D eigenvalue weighted by Gasteiger charge is -2.10. The fourth-order valence-electron chi connectivity index (χ4n) is 1.42. The first-order chi connectivity index (χ1) is 7.67. The van der Waals surface area contributed by atoms with Gasteiger partial charge in [0.15, 0.2) is 0 Å². The molecule has 1 aromatic rings. The first-order valence-electron chi connectivity index (χ1n) is 5.56. The molecular formula is C13H17FN2. The minimum Gasteiger partial charge on any atom is -0.312 e.